The van der Waals surface area contributed by atoms with Crippen molar-refractivity contribution in [2.75, 3.05) is 5.73 Å². The fourth-order valence-electron chi connectivity index (χ4n) is 2.00. The van der Waals surface area contributed by atoms with Gasteiger partial charge < -0.3 is 15.2 Å². The van der Waals surface area contributed by atoms with Crippen molar-refractivity contribution in [3.05, 3.63) is 35.9 Å². The summed E-state index contributed by atoms with van der Waals surface area (Å²) in [6, 6.07) is 7.75. The van der Waals surface area contributed by atoms with Crippen LogP contribution in [0.2, 0.25) is 0 Å². The van der Waals surface area contributed by atoms with Crippen LogP contribution in [0.1, 0.15) is 11.6 Å². The van der Waals surface area contributed by atoms with Crippen LogP contribution < -0.4 is 5.73 Å². The lowest BCUT2D eigenvalue weighted by atomic mass is 10.3. The van der Waals surface area contributed by atoms with Gasteiger partial charge in [-0.2, -0.15) is 4.98 Å². The molecule has 0 atom stereocenters. The topological polar surface area (TPSA) is 133 Å². The van der Waals surface area contributed by atoms with Gasteiger partial charge >= 0.3 is 0 Å². The Balaban J connectivity index is 1.63. The number of para-hydroxylation sites is 2. The number of fused-ring (bicyclic) bond motifs is 1. The third kappa shape index (κ3) is 2.00. The Morgan fingerprint density at radius 2 is 2.00 bits per heavy atom. The normalized spacial score (nSPS) is 11.2. The summed E-state index contributed by atoms with van der Waals surface area (Å²) < 4.78 is 9.59. The number of nitrogens with zero attached hydrogens (tertiary/aromatic N) is 5. The van der Waals surface area contributed by atoms with Gasteiger partial charge in [0, 0.05) is 0 Å². The van der Waals surface area contributed by atoms with Gasteiger partial charge in [-0.05, 0) is 22.4 Å². The lowest BCUT2D eigenvalue weighted by molar-refractivity contribution is 0.308. The van der Waals surface area contributed by atoms with Crippen LogP contribution in [0.3, 0.4) is 0 Å². The predicted octanol–water partition coefficient (Wildman–Crippen LogP) is 1.17. The lowest BCUT2D eigenvalue weighted by Crippen LogP contribution is -1.93. The van der Waals surface area contributed by atoms with Gasteiger partial charge in [-0.1, -0.05) is 17.3 Å². The molecule has 0 radical (unpaired) electrons. The maximum atomic E-state index is 5.57. The lowest BCUT2D eigenvalue weighted by Gasteiger charge is -1.87. The highest BCUT2D eigenvalue weighted by Crippen LogP contribution is 2.20. The van der Waals surface area contributed by atoms with Gasteiger partial charge in [0.25, 0.3) is 5.89 Å². The van der Waals surface area contributed by atoms with Crippen LogP contribution in [0.25, 0.3) is 22.6 Å². The van der Waals surface area contributed by atoms with Crippen molar-refractivity contribution in [2.24, 2.45) is 0 Å². The number of hydrogen-bond donors (Lipinski definition) is 2. The van der Waals surface area contributed by atoms with E-state index in [1.54, 1.807) is 0 Å². The minimum atomic E-state index is 0.105. The number of aromatic nitrogens is 6. The van der Waals surface area contributed by atoms with Crippen LogP contribution in [-0.4, -0.2) is 30.4 Å². The number of nitrogens with two attached hydrogens (primary N) is 1. The van der Waals surface area contributed by atoms with Gasteiger partial charge in [-0.15, -0.1) is 0 Å². The van der Waals surface area contributed by atoms with Crippen molar-refractivity contribution in [2.45, 2.75) is 6.42 Å². The minimum absolute atomic E-state index is 0.105. The molecule has 0 fully saturated rings. The number of nitrogens with one attached hydrogen (secondary N) is 1. The summed E-state index contributed by atoms with van der Waals surface area (Å²) in [6.45, 7) is 0. The maximum absolute atomic E-state index is 5.57. The van der Waals surface area contributed by atoms with E-state index in [2.05, 4.69) is 35.1 Å². The number of aromatic amines is 1. The summed E-state index contributed by atoms with van der Waals surface area (Å²) in [5, 5.41) is 10.9. The number of imidazole rings is 1. The van der Waals surface area contributed by atoms with E-state index in [0.717, 1.165) is 16.9 Å². The number of H-pyrrole nitrogens is 1. The quantitative estimate of drug-likeness (QED) is 0.572. The Morgan fingerprint density at radius 3 is 2.81 bits per heavy atom. The standard InChI is InChI=1S/C12H9N7O2/c13-11-10(18-21-19-11)12-16-9(17-20-12)5-8-14-6-3-1-2-4-7(6)15-8/h1-4H,5H2,(H2,13,19)(H,14,15). The first-order chi connectivity index (χ1) is 10.3. The first kappa shape index (κ1) is 11.6. The molecule has 0 aliphatic carbocycles. The average molecular weight is 283 g/mol. The number of nitrogen functional groups attached to an aromatic ring is 1. The van der Waals surface area contributed by atoms with Crippen LogP contribution in [0, 0.1) is 0 Å². The predicted molar refractivity (Wildman–Crippen MR) is 70.9 cm³/mol. The van der Waals surface area contributed by atoms with E-state index in [9.17, 15) is 0 Å². The summed E-state index contributed by atoms with van der Waals surface area (Å²) in [6.07, 6.45) is 0.406. The molecule has 104 valence electrons. The van der Waals surface area contributed by atoms with Crippen LogP contribution in [0.4, 0.5) is 5.82 Å². The molecule has 0 saturated heterocycles. The molecule has 3 heterocycles. The van der Waals surface area contributed by atoms with Gasteiger partial charge in [-0.3, -0.25) is 0 Å². The number of rotatable bonds is 3. The Hall–Kier alpha value is -3.23. The van der Waals surface area contributed by atoms with Gasteiger partial charge in [0.1, 0.15) is 5.82 Å². The van der Waals surface area contributed by atoms with Crippen molar-refractivity contribution in [1.29, 1.82) is 0 Å². The van der Waals surface area contributed by atoms with Crippen molar-refractivity contribution >= 4 is 16.9 Å². The molecule has 0 amide bonds. The van der Waals surface area contributed by atoms with E-state index in [0.29, 0.717) is 12.2 Å². The van der Waals surface area contributed by atoms with Crippen molar-refractivity contribution in [3.8, 4) is 11.6 Å². The van der Waals surface area contributed by atoms with E-state index < -0.39 is 0 Å². The summed E-state index contributed by atoms with van der Waals surface area (Å²) in [5.74, 6) is 1.48. The van der Waals surface area contributed by atoms with E-state index in [-0.39, 0.29) is 17.4 Å². The highest BCUT2D eigenvalue weighted by atomic mass is 16.6. The second kappa shape index (κ2) is 4.40. The zero-order valence-electron chi connectivity index (χ0n) is 10.6. The van der Waals surface area contributed by atoms with Crippen LogP contribution in [0.15, 0.2) is 33.4 Å². The Kier molecular flexibility index (Phi) is 2.43. The van der Waals surface area contributed by atoms with Gasteiger partial charge in [0.2, 0.25) is 11.5 Å². The van der Waals surface area contributed by atoms with Gasteiger partial charge in [-0.25, -0.2) is 9.61 Å². The molecule has 0 saturated carbocycles. The van der Waals surface area contributed by atoms with Crippen LogP contribution in [-0.2, 0) is 6.42 Å². The maximum Gasteiger partial charge on any atom is 0.284 e. The third-order valence-electron chi connectivity index (χ3n) is 2.95. The van der Waals surface area contributed by atoms with E-state index >= 15 is 0 Å². The largest absolute Gasteiger partial charge is 0.379 e. The molecule has 0 aliphatic heterocycles. The number of benzene rings is 1. The molecule has 4 rings (SSSR count). The van der Waals surface area contributed by atoms with E-state index in [4.69, 9.17) is 10.3 Å². The summed E-state index contributed by atoms with van der Waals surface area (Å²) >= 11 is 0. The molecule has 9 nitrogen and oxygen atoms in total. The molecule has 21 heavy (non-hydrogen) atoms. The fourth-order valence-corrected chi connectivity index (χ4v) is 2.00. The SMILES string of the molecule is Nc1nonc1-c1nc(Cc2nc3ccccc3[nH]2)no1. The zero-order chi connectivity index (χ0) is 14.2. The monoisotopic (exact) mass is 283 g/mol. The molecule has 0 aliphatic rings. The summed E-state index contributed by atoms with van der Waals surface area (Å²) in [4.78, 5) is 11.8. The first-order valence-corrected chi connectivity index (χ1v) is 6.14. The molecule has 0 bridgehead atoms. The molecule has 3 aromatic heterocycles. The van der Waals surface area contributed by atoms with E-state index in [1.807, 2.05) is 24.3 Å². The molecular formula is C12H9N7O2. The van der Waals surface area contributed by atoms with Crippen molar-refractivity contribution in [1.82, 2.24) is 30.4 Å². The van der Waals surface area contributed by atoms with Gasteiger partial charge in [0.15, 0.2) is 5.82 Å². The fraction of sp³-hybridized carbons (Fsp3) is 0.0833. The van der Waals surface area contributed by atoms with Crippen LogP contribution in [0.5, 0.6) is 0 Å². The van der Waals surface area contributed by atoms with Crippen LogP contribution >= 0.6 is 0 Å². The third-order valence-corrected chi connectivity index (χ3v) is 2.95. The second-order valence-electron chi connectivity index (χ2n) is 4.39. The Labute approximate surface area is 117 Å². The first-order valence-electron chi connectivity index (χ1n) is 6.14. The molecule has 4 aromatic rings. The molecule has 9 heteroatoms. The molecule has 0 unspecified atom stereocenters. The number of anilines is 1. The zero-order valence-corrected chi connectivity index (χ0v) is 10.6. The summed E-state index contributed by atoms with van der Waals surface area (Å²) in [7, 11) is 0. The minimum Gasteiger partial charge on any atom is -0.379 e. The second-order valence-corrected chi connectivity index (χ2v) is 4.39. The van der Waals surface area contributed by atoms with E-state index in [1.165, 1.54) is 0 Å². The highest BCUT2D eigenvalue weighted by molar-refractivity contribution is 5.74. The average Bonchev–Trinajstić information content (AvgIpc) is 3.17. The Bertz CT molecular complexity index is 874. The highest BCUT2D eigenvalue weighted by Gasteiger charge is 2.17. The summed E-state index contributed by atoms with van der Waals surface area (Å²) in [5.41, 5.74) is 7.66. The molecular weight excluding hydrogens is 274 g/mol. The smallest absolute Gasteiger partial charge is 0.284 e. The number of hydrogen-bond acceptors (Lipinski definition) is 8. The molecule has 1 aromatic carbocycles. The van der Waals surface area contributed by atoms with Gasteiger partial charge in [0.05, 0.1) is 17.5 Å². The molecule has 3 N–H and O–H groups in total. The van der Waals surface area contributed by atoms with Crippen molar-refractivity contribution in [3.63, 3.8) is 0 Å². The Morgan fingerprint density at radius 1 is 1.10 bits per heavy atom. The van der Waals surface area contributed by atoms with Crippen molar-refractivity contribution < 1.29 is 9.15 Å². The molecule has 0 spiro atoms.